The van der Waals surface area contributed by atoms with Gasteiger partial charge in [-0.1, -0.05) is 32.0 Å². The molecular weight excluding hydrogens is 390 g/mol. The Kier molecular flexibility index (Phi) is 6.48. The van der Waals surface area contributed by atoms with E-state index < -0.39 is 12.2 Å². The maximum atomic E-state index is 11.4. The van der Waals surface area contributed by atoms with Crippen molar-refractivity contribution in [1.29, 1.82) is 0 Å². The monoisotopic (exact) mass is 431 g/mol. The third-order valence-electron chi connectivity index (χ3n) is 10.6. The van der Waals surface area contributed by atoms with E-state index in [9.17, 15) is 19.9 Å². The summed E-state index contributed by atoms with van der Waals surface area (Å²) in [5, 5.41) is 25.9. The number of allylic oxidation sites excluding steroid dienone is 2. The number of carbonyl (C=O) groups is 1. The van der Waals surface area contributed by atoms with Crippen molar-refractivity contribution in [3.8, 4) is 0 Å². The van der Waals surface area contributed by atoms with E-state index in [2.05, 4.69) is 25.9 Å². The summed E-state index contributed by atoms with van der Waals surface area (Å²) < 4.78 is 0. The summed E-state index contributed by atoms with van der Waals surface area (Å²) in [5.74, 6) is 2.23. The molecule has 4 aliphatic carbocycles. The fourth-order valence-electron chi connectivity index (χ4n) is 9.02. The molecular formula is C26H41NO4. The molecule has 0 aromatic rings. The summed E-state index contributed by atoms with van der Waals surface area (Å²) in [6.07, 6.45) is 12.0. The first-order chi connectivity index (χ1) is 14.8. The summed E-state index contributed by atoms with van der Waals surface area (Å²) in [5.41, 5.74) is 0.204. The predicted molar refractivity (Wildman–Crippen MR) is 121 cm³/mol. The number of aliphatic hydroxyl groups is 2. The Hall–Kier alpha value is -1.07. The molecule has 4 fully saturated rings. The van der Waals surface area contributed by atoms with Gasteiger partial charge in [0.25, 0.3) is 0 Å². The molecule has 5 nitrogen and oxygen atoms in total. The zero-order valence-corrected chi connectivity index (χ0v) is 19.5. The molecule has 11 unspecified atom stereocenters. The van der Waals surface area contributed by atoms with Crippen LogP contribution in [0.3, 0.4) is 0 Å². The minimum Gasteiger partial charge on any atom is -0.390 e. The fourth-order valence-corrected chi connectivity index (χ4v) is 9.02. The van der Waals surface area contributed by atoms with Crippen LogP contribution in [0.2, 0.25) is 0 Å². The third kappa shape index (κ3) is 3.64. The maximum absolute atomic E-state index is 11.4. The summed E-state index contributed by atoms with van der Waals surface area (Å²) in [6, 6.07) is -0.213. The van der Waals surface area contributed by atoms with Crippen molar-refractivity contribution >= 4 is 6.29 Å². The van der Waals surface area contributed by atoms with E-state index in [1.165, 1.54) is 12.8 Å². The van der Waals surface area contributed by atoms with Gasteiger partial charge in [0, 0.05) is 0 Å². The molecule has 4 rings (SSSR count). The summed E-state index contributed by atoms with van der Waals surface area (Å²) in [4.78, 5) is 21.7. The average molecular weight is 432 g/mol. The molecule has 0 heterocycles. The molecule has 0 aromatic carbocycles. The SMILES string of the molecule is CC(CC/C=C/C=O)C1CCC2C3C(O)C(O)C4CC(N=O)CCC4(C)C3CCC12C. The summed E-state index contributed by atoms with van der Waals surface area (Å²) in [6.45, 7) is 7.13. The molecule has 0 saturated heterocycles. The maximum Gasteiger partial charge on any atom is 0.142 e. The molecule has 0 bridgehead atoms. The number of hydrogen-bond donors (Lipinski definition) is 2. The molecule has 0 aliphatic heterocycles. The molecule has 4 aliphatic rings. The first-order valence-corrected chi connectivity index (χ1v) is 12.6. The normalized spacial score (nSPS) is 50.4. The van der Waals surface area contributed by atoms with Gasteiger partial charge in [0.2, 0.25) is 0 Å². The van der Waals surface area contributed by atoms with Crippen molar-refractivity contribution in [2.75, 3.05) is 0 Å². The lowest BCUT2D eigenvalue weighted by Crippen LogP contribution is -2.64. The van der Waals surface area contributed by atoms with Crippen molar-refractivity contribution in [1.82, 2.24) is 0 Å². The zero-order chi connectivity index (χ0) is 22.4. The van der Waals surface area contributed by atoms with Gasteiger partial charge in [0.1, 0.15) is 6.29 Å². The minimum absolute atomic E-state index is 0.00480. The van der Waals surface area contributed by atoms with Crippen LogP contribution in [-0.2, 0) is 4.79 Å². The van der Waals surface area contributed by atoms with Crippen molar-refractivity contribution in [3.05, 3.63) is 17.1 Å². The van der Waals surface area contributed by atoms with Crippen LogP contribution in [0.25, 0.3) is 0 Å². The third-order valence-corrected chi connectivity index (χ3v) is 10.6. The predicted octanol–water partition coefficient (Wildman–Crippen LogP) is 4.89. The molecule has 0 amide bonds. The molecule has 4 saturated carbocycles. The average Bonchev–Trinajstić information content (AvgIpc) is 3.11. The highest BCUT2D eigenvalue weighted by atomic mass is 16.3. The van der Waals surface area contributed by atoms with Gasteiger partial charge in [-0.3, -0.25) is 4.79 Å². The Balaban J connectivity index is 1.55. The second-order valence-corrected chi connectivity index (χ2v) is 11.8. The number of fused-ring (bicyclic) bond motifs is 5. The number of aldehydes is 1. The Morgan fingerprint density at radius 3 is 2.42 bits per heavy atom. The van der Waals surface area contributed by atoms with Crippen LogP contribution in [0.1, 0.15) is 78.6 Å². The van der Waals surface area contributed by atoms with Gasteiger partial charge >= 0.3 is 0 Å². The number of aliphatic hydroxyl groups excluding tert-OH is 2. The van der Waals surface area contributed by atoms with E-state index in [1.807, 2.05) is 6.08 Å². The smallest absolute Gasteiger partial charge is 0.142 e. The number of hydrogen-bond acceptors (Lipinski definition) is 5. The minimum atomic E-state index is -0.747. The second kappa shape index (κ2) is 8.70. The van der Waals surface area contributed by atoms with Crippen LogP contribution < -0.4 is 0 Å². The lowest BCUT2D eigenvalue weighted by Gasteiger charge is -2.63. The van der Waals surface area contributed by atoms with Crippen molar-refractivity contribution in [3.63, 3.8) is 0 Å². The highest BCUT2D eigenvalue weighted by molar-refractivity contribution is 5.64. The number of carbonyl (C=O) groups excluding carboxylic acids is 1. The Morgan fingerprint density at radius 1 is 1.00 bits per heavy atom. The number of rotatable bonds is 6. The van der Waals surface area contributed by atoms with E-state index in [-0.39, 0.29) is 28.7 Å². The topological polar surface area (TPSA) is 87.0 Å². The van der Waals surface area contributed by atoms with Gasteiger partial charge < -0.3 is 10.2 Å². The van der Waals surface area contributed by atoms with Gasteiger partial charge in [0.15, 0.2) is 0 Å². The van der Waals surface area contributed by atoms with E-state index in [4.69, 9.17) is 0 Å². The molecule has 174 valence electrons. The first-order valence-electron chi connectivity index (χ1n) is 12.6. The van der Waals surface area contributed by atoms with E-state index >= 15 is 0 Å². The number of nitroso groups, excluding NO2 is 1. The van der Waals surface area contributed by atoms with E-state index in [0.29, 0.717) is 30.1 Å². The van der Waals surface area contributed by atoms with Gasteiger partial charge in [0.05, 0.1) is 18.2 Å². The van der Waals surface area contributed by atoms with Crippen molar-refractivity contribution in [2.45, 2.75) is 96.8 Å². The lowest BCUT2D eigenvalue weighted by atomic mass is 9.43. The molecule has 0 aromatic heterocycles. The Labute approximate surface area is 187 Å². The molecule has 11 atom stereocenters. The first kappa shape index (κ1) is 23.1. The van der Waals surface area contributed by atoms with E-state index in [1.54, 1.807) is 6.08 Å². The lowest BCUT2D eigenvalue weighted by molar-refractivity contribution is -0.216. The van der Waals surface area contributed by atoms with Crippen LogP contribution in [0.5, 0.6) is 0 Å². The summed E-state index contributed by atoms with van der Waals surface area (Å²) >= 11 is 0. The van der Waals surface area contributed by atoms with Gasteiger partial charge in [-0.15, -0.1) is 0 Å². The Bertz CT molecular complexity index is 710. The molecule has 0 radical (unpaired) electrons. The molecule has 2 N–H and O–H groups in total. The summed E-state index contributed by atoms with van der Waals surface area (Å²) in [7, 11) is 0. The van der Waals surface area contributed by atoms with Crippen LogP contribution in [-0.4, -0.2) is 34.7 Å². The molecule has 5 heteroatoms. The van der Waals surface area contributed by atoms with Crippen LogP contribution in [0, 0.1) is 51.2 Å². The van der Waals surface area contributed by atoms with Gasteiger partial charge in [-0.2, -0.15) is 4.91 Å². The standard InChI is InChI=1S/C26H41NO4/c1-16(7-5-4-6-14-28)18-8-9-19-22-20(11-13-25(18,19)2)26(3)12-10-17(27-31)15-21(26)23(29)24(22)30/h4,6,14,16-24,29-30H,5,7-13,15H2,1-3H3/b6-4+. The van der Waals surface area contributed by atoms with Crippen molar-refractivity contribution in [2.24, 2.45) is 51.5 Å². The molecule has 0 spiro atoms. The second-order valence-electron chi connectivity index (χ2n) is 11.8. The largest absolute Gasteiger partial charge is 0.390 e. The van der Waals surface area contributed by atoms with Crippen LogP contribution in [0.15, 0.2) is 17.3 Å². The fraction of sp³-hybridized carbons (Fsp3) is 0.885. The highest BCUT2D eigenvalue weighted by Crippen LogP contribution is 2.68. The zero-order valence-electron chi connectivity index (χ0n) is 19.5. The van der Waals surface area contributed by atoms with Gasteiger partial charge in [-0.25, -0.2) is 0 Å². The highest BCUT2D eigenvalue weighted by Gasteiger charge is 2.65. The van der Waals surface area contributed by atoms with Crippen LogP contribution in [0.4, 0.5) is 0 Å². The molecule has 31 heavy (non-hydrogen) atoms. The van der Waals surface area contributed by atoms with Crippen molar-refractivity contribution < 1.29 is 15.0 Å². The van der Waals surface area contributed by atoms with Crippen LogP contribution >= 0.6 is 0 Å². The van der Waals surface area contributed by atoms with Gasteiger partial charge in [-0.05, 0) is 110 Å². The quantitative estimate of drug-likeness (QED) is 0.356. The number of nitrogens with zero attached hydrogens (tertiary/aromatic N) is 1. The Morgan fingerprint density at radius 2 is 1.71 bits per heavy atom. The van der Waals surface area contributed by atoms with E-state index in [0.717, 1.165) is 44.8 Å².